The van der Waals surface area contributed by atoms with Crippen molar-refractivity contribution in [3.63, 3.8) is 0 Å². The number of halogens is 1. The maximum absolute atomic E-state index is 12.8. The summed E-state index contributed by atoms with van der Waals surface area (Å²) >= 11 is 6.08. The number of rotatable bonds is 4. The zero-order valence-corrected chi connectivity index (χ0v) is 17.6. The van der Waals surface area contributed by atoms with Crippen LogP contribution >= 0.6 is 11.6 Å². The minimum absolute atomic E-state index is 0.234. The van der Waals surface area contributed by atoms with E-state index in [4.69, 9.17) is 16.3 Å². The Balaban J connectivity index is 1.36. The fraction of sp³-hybridized carbons (Fsp3) is 0.500. The van der Waals surface area contributed by atoms with Gasteiger partial charge < -0.3 is 14.5 Å². The Morgan fingerprint density at radius 2 is 1.83 bits per heavy atom. The van der Waals surface area contributed by atoms with Crippen LogP contribution in [0.25, 0.3) is 0 Å². The number of amides is 1. The van der Waals surface area contributed by atoms with E-state index in [1.165, 1.54) is 25.6 Å². The van der Waals surface area contributed by atoms with Gasteiger partial charge in [-0.05, 0) is 43.5 Å². The summed E-state index contributed by atoms with van der Waals surface area (Å²) in [6.45, 7) is 4.97. The monoisotopic (exact) mass is 414 g/mol. The van der Waals surface area contributed by atoms with E-state index in [0.29, 0.717) is 22.6 Å². The normalized spacial score (nSPS) is 18.0. The number of anilines is 1. The molecule has 0 atom stereocenters. The summed E-state index contributed by atoms with van der Waals surface area (Å²) in [5.74, 6) is 2.59. The molecule has 4 rings (SSSR count). The van der Waals surface area contributed by atoms with Crippen molar-refractivity contribution in [1.29, 1.82) is 0 Å². The van der Waals surface area contributed by atoms with Crippen LogP contribution in [-0.2, 0) is 4.79 Å². The molecule has 2 heterocycles. The highest BCUT2D eigenvalue weighted by Crippen LogP contribution is 2.28. The molecule has 2 aromatic rings. The van der Waals surface area contributed by atoms with Gasteiger partial charge in [0, 0.05) is 43.2 Å². The first-order valence-electron chi connectivity index (χ1n) is 10.4. The lowest BCUT2D eigenvalue weighted by atomic mass is 9.88. The van der Waals surface area contributed by atoms with Gasteiger partial charge in [0.2, 0.25) is 11.8 Å². The number of carbonyl (C=O) groups excluding carboxylic acids is 1. The summed E-state index contributed by atoms with van der Waals surface area (Å²) in [7, 11) is 0. The smallest absolute Gasteiger partial charge is 0.225 e. The van der Waals surface area contributed by atoms with Gasteiger partial charge in [-0.2, -0.15) is 0 Å². The van der Waals surface area contributed by atoms with E-state index in [1.54, 1.807) is 0 Å². The first-order chi connectivity index (χ1) is 14.1. The van der Waals surface area contributed by atoms with E-state index >= 15 is 0 Å². The molecule has 2 aliphatic rings. The molecule has 0 radical (unpaired) electrons. The van der Waals surface area contributed by atoms with E-state index in [0.717, 1.165) is 50.4 Å². The third kappa shape index (κ3) is 4.81. The summed E-state index contributed by atoms with van der Waals surface area (Å²) in [4.78, 5) is 25.6. The van der Waals surface area contributed by atoms with Crippen LogP contribution in [0.3, 0.4) is 0 Å². The number of carbonyl (C=O) groups is 1. The minimum Gasteiger partial charge on any atom is -0.439 e. The van der Waals surface area contributed by atoms with Crippen molar-refractivity contribution in [2.24, 2.45) is 5.92 Å². The number of aromatic nitrogens is 2. The molecule has 0 unspecified atom stereocenters. The van der Waals surface area contributed by atoms with Crippen LogP contribution in [0.4, 0.5) is 5.82 Å². The number of hydrogen-bond acceptors (Lipinski definition) is 5. The van der Waals surface area contributed by atoms with Crippen molar-refractivity contribution >= 4 is 23.3 Å². The molecule has 2 fully saturated rings. The summed E-state index contributed by atoms with van der Waals surface area (Å²) in [5.41, 5.74) is 0.956. The Hall–Kier alpha value is -2.34. The average Bonchev–Trinajstić information content (AvgIpc) is 2.77. The molecule has 1 amide bonds. The van der Waals surface area contributed by atoms with Gasteiger partial charge in [0.05, 0.1) is 0 Å². The maximum atomic E-state index is 12.8. The van der Waals surface area contributed by atoms with Gasteiger partial charge in [-0.3, -0.25) is 4.79 Å². The summed E-state index contributed by atoms with van der Waals surface area (Å²) in [6, 6.07) is 7.38. The van der Waals surface area contributed by atoms with Gasteiger partial charge >= 0.3 is 0 Å². The second-order valence-corrected chi connectivity index (χ2v) is 8.28. The summed E-state index contributed by atoms with van der Waals surface area (Å²) in [5, 5.41) is 0.710. The van der Waals surface area contributed by atoms with Crippen molar-refractivity contribution in [3.05, 3.63) is 41.2 Å². The van der Waals surface area contributed by atoms with Gasteiger partial charge in [0.25, 0.3) is 0 Å². The number of hydrogen-bond donors (Lipinski definition) is 0. The number of nitrogens with zero attached hydrogens (tertiary/aromatic N) is 4. The van der Waals surface area contributed by atoms with E-state index in [2.05, 4.69) is 14.9 Å². The number of benzene rings is 1. The zero-order chi connectivity index (χ0) is 20.2. The number of piperazine rings is 1. The fourth-order valence-electron chi connectivity index (χ4n) is 4.12. The molecule has 1 aromatic heterocycles. The standard InChI is InChI=1S/C22H27ClN4O2/c1-16-13-18(7-8-19(16)23)29-21-14-20(24-15-25-21)26-9-11-27(12-10-26)22(28)17-5-3-2-4-6-17/h7-8,13-15,17H,2-6,9-12H2,1H3. The van der Waals surface area contributed by atoms with E-state index in [1.807, 2.05) is 36.1 Å². The lowest BCUT2D eigenvalue weighted by Crippen LogP contribution is -2.50. The SMILES string of the molecule is Cc1cc(Oc2cc(N3CCN(C(=O)C4CCCCC4)CC3)ncn2)ccc1Cl. The van der Waals surface area contributed by atoms with Crippen LogP contribution in [0.2, 0.25) is 5.02 Å². The molecule has 154 valence electrons. The molecular weight excluding hydrogens is 388 g/mol. The second kappa shape index (κ2) is 8.99. The van der Waals surface area contributed by atoms with Gasteiger partial charge in [-0.1, -0.05) is 30.9 Å². The Labute approximate surface area is 176 Å². The Kier molecular flexibility index (Phi) is 6.19. The third-order valence-electron chi connectivity index (χ3n) is 5.85. The van der Waals surface area contributed by atoms with Crippen LogP contribution in [0, 0.1) is 12.8 Å². The van der Waals surface area contributed by atoms with Crippen LogP contribution < -0.4 is 9.64 Å². The Morgan fingerprint density at radius 3 is 2.55 bits per heavy atom. The van der Waals surface area contributed by atoms with Crippen molar-refractivity contribution in [3.8, 4) is 11.6 Å². The number of aryl methyl sites for hydroxylation is 1. The molecular formula is C22H27ClN4O2. The van der Waals surface area contributed by atoms with E-state index in [9.17, 15) is 4.79 Å². The summed E-state index contributed by atoms with van der Waals surface area (Å²) in [6.07, 6.45) is 7.27. The molecule has 1 aromatic carbocycles. The van der Waals surface area contributed by atoms with Gasteiger partial charge in [-0.25, -0.2) is 9.97 Å². The lowest BCUT2D eigenvalue weighted by molar-refractivity contribution is -0.136. The Morgan fingerprint density at radius 1 is 1.07 bits per heavy atom. The predicted octanol–water partition coefficient (Wildman–Crippen LogP) is 4.46. The minimum atomic E-state index is 0.234. The zero-order valence-electron chi connectivity index (χ0n) is 16.8. The van der Waals surface area contributed by atoms with Crippen molar-refractivity contribution in [2.45, 2.75) is 39.0 Å². The quantitative estimate of drug-likeness (QED) is 0.739. The topological polar surface area (TPSA) is 58.6 Å². The van der Waals surface area contributed by atoms with E-state index < -0.39 is 0 Å². The second-order valence-electron chi connectivity index (χ2n) is 7.87. The third-order valence-corrected chi connectivity index (χ3v) is 6.27. The number of ether oxygens (including phenoxy) is 1. The van der Waals surface area contributed by atoms with Crippen molar-refractivity contribution in [2.75, 3.05) is 31.1 Å². The van der Waals surface area contributed by atoms with Crippen LogP contribution in [-0.4, -0.2) is 47.0 Å². The molecule has 6 nitrogen and oxygen atoms in total. The molecule has 7 heteroatoms. The highest BCUT2D eigenvalue weighted by atomic mass is 35.5. The Bertz CT molecular complexity index is 862. The molecule has 29 heavy (non-hydrogen) atoms. The molecule has 0 bridgehead atoms. The lowest BCUT2D eigenvalue weighted by Gasteiger charge is -2.37. The molecule has 1 saturated heterocycles. The van der Waals surface area contributed by atoms with Gasteiger partial charge in [0.1, 0.15) is 17.9 Å². The first kappa shape index (κ1) is 20.0. The molecule has 0 N–H and O–H groups in total. The average molecular weight is 415 g/mol. The van der Waals surface area contributed by atoms with Gasteiger partial charge in [0.15, 0.2) is 0 Å². The predicted molar refractivity (Wildman–Crippen MR) is 114 cm³/mol. The molecule has 1 aliphatic carbocycles. The van der Waals surface area contributed by atoms with Gasteiger partial charge in [-0.15, -0.1) is 0 Å². The van der Waals surface area contributed by atoms with Crippen molar-refractivity contribution in [1.82, 2.24) is 14.9 Å². The van der Waals surface area contributed by atoms with Crippen LogP contribution in [0.5, 0.6) is 11.6 Å². The fourth-order valence-corrected chi connectivity index (χ4v) is 4.24. The largest absolute Gasteiger partial charge is 0.439 e. The van der Waals surface area contributed by atoms with Crippen LogP contribution in [0.15, 0.2) is 30.6 Å². The maximum Gasteiger partial charge on any atom is 0.225 e. The van der Waals surface area contributed by atoms with Crippen LogP contribution in [0.1, 0.15) is 37.7 Å². The first-order valence-corrected chi connectivity index (χ1v) is 10.8. The molecule has 1 saturated carbocycles. The molecule has 1 aliphatic heterocycles. The highest BCUT2D eigenvalue weighted by molar-refractivity contribution is 6.31. The molecule has 0 spiro atoms. The van der Waals surface area contributed by atoms with Crippen molar-refractivity contribution < 1.29 is 9.53 Å². The summed E-state index contributed by atoms with van der Waals surface area (Å²) < 4.78 is 5.88. The van der Waals surface area contributed by atoms with E-state index in [-0.39, 0.29) is 5.92 Å². The highest BCUT2D eigenvalue weighted by Gasteiger charge is 2.28.